The number of hydrogen-bond acceptors (Lipinski definition) is 18. The molecule has 26 heteroatoms. The van der Waals surface area contributed by atoms with E-state index >= 15 is 0 Å². The first-order chi connectivity index (χ1) is 21.6. The number of imidazole rings is 2. The van der Waals surface area contributed by atoms with E-state index in [2.05, 4.69) is 39.0 Å². The summed E-state index contributed by atoms with van der Waals surface area (Å²) < 4.78 is 49.7. The van der Waals surface area contributed by atoms with E-state index in [1.54, 1.807) is 0 Å². The highest BCUT2D eigenvalue weighted by molar-refractivity contribution is 7.47. The Labute approximate surface area is 254 Å². The molecule has 7 heterocycles. The molecule has 0 aliphatic carbocycles. The second kappa shape index (κ2) is 12.0. The van der Waals surface area contributed by atoms with Crippen LogP contribution in [0.25, 0.3) is 22.3 Å². The third-order valence-corrected chi connectivity index (χ3v) is 8.57. The minimum absolute atomic E-state index is 0.0230. The van der Waals surface area contributed by atoms with Crippen LogP contribution >= 0.6 is 15.6 Å². The van der Waals surface area contributed by atoms with Crippen LogP contribution in [0.5, 0.6) is 0 Å². The van der Waals surface area contributed by atoms with E-state index in [-0.39, 0.29) is 35.2 Å². The number of rotatable bonds is 5. The van der Waals surface area contributed by atoms with Gasteiger partial charge in [0, 0.05) is 0 Å². The maximum Gasteiger partial charge on any atom is 0.472 e. The zero-order chi connectivity index (χ0) is 33.1. The Hall–Kier alpha value is -3.48. The Bertz CT molecular complexity index is 1910. The number of anilines is 2. The minimum Gasteiger partial charge on any atom is -0.387 e. The van der Waals surface area contributed by atoms with E-state index in [1.807, 2.05) is 0 Å². The van der Waals surface area contributed by atoms with Gasteiger partial charge in [-0.15, -0.1) is 0 Å². The number of nitrogens with two attached hydrogens (primary N) is 2. The fourth-order valence-electron chi connectivity index (χ4n) is 5.02. The summed E-state index contributed by atoms with van der Waals surface area (Å²) in [5.74, 6) is 0.0248. The molecule has 4 aromatic rings. The first-order valence-electron chi connectivity index (χ1n) is 13.0. The summed E-state index contributed by atoms with van der Waals surface area (Å²) in [4.78, 5) is 60.5. The monoisotopic (exact) mass is 692 g/mol. The van der Waals surface area contributed by atoms with E-state index in [0.29, 0.717) is 5.52 Å². The molecule has 4 aromatic heterocycles. The Morgan fingerprint density at radius 1 is 1.00 bits per heavy atom. The summed E-state index contributed by atoms with van der Waals surface area (Å²) >= 11 is 0. The largest absolute Gasteiger partial charge is 0.472 e. The molecule has 1 unspecified atom stereocenters. The predicted octanol–water partition coefficient (Wildman–Crippen LogP) is -3.39. The Balaban J connectivity index is 0.000000162. The van der Waals surface area contributed by atoms with Crippen molar-refractivity contribution in [2.75, 3.05) is 24.7 Å². The molecule has 0 saturated carbocycles. The lowest BCUT2D eigenvalue weighted by Gasteiger charge is -2.27. The lowest BCUT2D eigenvalue weighted by atomic mass is 10.1. The second-order valence-electron chi connectivity index (χ2n) is 10.1. The smallest absolute Gasteiger partial charge is 0.387 e. The first kappa shape index (κ1) is 32.5. The molecular weight excluding hydrogens is 666 g/mol. The van der Waals surface area contributed by atoms with Crippen LogP contribution in [0.3, 0.4) is 0 Å². The summed E-state index contributed by atoms with van der Waals surface area (Å²) in [6.45, 7) is -0.808. The van der Waals surface area contributed by atoms with E-state index < -0.39 is 76.9 Å². The molecule has 3 aliphatic heterocycles. The number of nitrogen functional groups attached to an aromatic ring is 2. The van der Waals surface area contributed by atoms with Crippen molar-refractivity contribution < 1.29 is 62.2 Å². The Kier molecular flexibility index (Phi) is 8.43. The molecule has 3 fully saturated rings. The van der Waals surface area contributed by atoms with Crippen molar-refractivity contribution in [3.8, 4) is 0 Å². The van der Waals surface area contributed by atoms with Crippen molar-refractivity contribution in [1.29, 1.82) is 0 Å². The van der Waals surface area contributed by atoms with Gasteiger partial charge in [0.1, 0.15) is 48.5 Å². The predicted molar refractivity (Wildman–Crippen MR) is 147 cm³/mol. The molecule has 9 atom stereocenters. The van der Waals surface area contributed by atoms with Crippen LogP contribution < -0.4 is 17.0 Å². The topological polar surface area (TPSA) is 361 Å². The van der Waals surface area contributed by atoms with Crippen molar-refractivity contribution in [3.63, 3.8) is 0 Å². The summed E-state index contributed by atoms with van der Waals surface area (Å²) in [6.07, 6.45) is -5.34. The van der Waals surface area contributed by atoms with Gasteiger partial charge in [0.2, 0.25) is 5.95 Å². The van der Waals surface area contributed by atoms with Crippen molar-refractivity contribution in [2.45, 2.75) is 49.1 Å². The number of fused-ring (bicyclic) bond motifs is 3. The molecule has 0 amide bonds. The number of aromatic amines is 1. The molecule has 0 bridgehead atoms. The third-order valence-electron chi connectivity index (χ3n) is 7.10. The number of hydrogen-bond donors (Lipinski definition) is 9. The summed E-state index contributed by atoms with van der Waals surface area (Å²) in [5, 5.41) is 30.4. The van der Waals surface area contributed by atoms with Crippen LogP contribution in [-0.4, -0.2) is 119 Å². The molecule has 24 nitrogen and oxygen atoms in total. The average Bonchev–Trinajstić information content (AvgIpc) is 3.73. The molecule has 0 radical (unpaired) electrons. The maximum atomic E-state index is 11.8. The lowest BCUT2D eigenvalue weighted by molar-refractivity contribution is -0.0664. The van der Waals surface area contributed by atoms with E-state index in [1.165, 1.54) is 28.1 Å². The van der Waals surface area contributed by atoms with Gasteiger partial charge in [-0.25, -0.2) is 29.1 Å². The Morgan fingerprint density at radius 3 is 2.39 bits per heavy atom. The van der Waals surface area contributed by atoms with Gasteiger partial charge in [0.05, 0.1) is 25.9 Å². The van der Waals surface area contributed by atoms with Crippen LogP contribution in [0.1, 0.15) is 12.5 Å². The highest BCUT2D eigenvalue weighted by atomic mass is 31.2. The quantitative estimate of drug-likeness (QED) is 0.0920. The zero-order valence-corrected chi connectivity index (χ0v) is 24.7. The normalized spacial score (nSPS) is 32.8. The number of aromatic nitrogens is 8. The number of nitrogens with zero attached hydrogens (tertiary/aromatic N) is 7. The molecule has 0 spiro atoms. The van der Waals surface area contributed by atoms with E-state index in [9.17, 15) is 34.1 Å². The van der Waals surface area contributed by atoms with Gasteiger partial charge >= 0.3 is 15.6 Å². The van der Waals surface area contributed by atoms with Crippen molar-refractivity contribution in [1.82, 2.24) is 39.0 Å². The zero-order valence-electron chi connectivity index (χ0n) is 22.9. The standard InChI is InChI=1S/C10H12N5O7P.C10H14N5O7P/c11-10-13-7-4(8(17)14-10)12-2-15(7)9-5(16)6-3(21-9)1-20-23(18,19)22-6;11-8-5-9(13-2-12-8)15(3-14-5)10-7(17)6(16)4(22-10)1-21-23(18,19)20/h2-3,5-6,9,16H,1H2,(H,18,19)(H3,11,13,14,17);2-4,6-7,10,16-17H,1H2,(H2,11,12,13)(H2,18,19,20)/t3-,5-,6-,9-;4-,6-,7-,10-/m11/s1. The number of phosphoric ester groups is 2. The molecule has 7 rings (SSSR count). The fraction of sp³-hybridized carbons (Fsp3) is 0.500. The van der Waals surface area contributed by atoms with Crippen molar-refractivity contribution in [2.24, 2.45) is 0 Å². The van der Waals surface area contributed by atoms with Gasteiger partial charge in [-0.05, 0) is 0 Å². The Morgan fingerprint density at radius 2 is 1.67 bits per heavy atom. The summed E-state index contributed by atoms with van der Waals surface area (Å²) in [6, 6.07) is 0. The molecule has 0 aromatic carbocycles. The van der Waals surface area contributed by atoms with Gasteiger partial charge in [0.25, 0.3) is 5.56 Å². The van der Waals surface area contributed by atoms with Gasteiger partial charge in [-0.1, -0.05) is 0 Å². The second-order valence-corrected chi connectivity index (χ2v) is 12.7. The molecule has 3 aliphatic rings. The first-order valence-corrected chi connectivity index (χ1v) is 16.0. The summed E-state index contributed by atoms with van der Waals surface area (Å²) in [7, 11) is -8.94. The number of aliphatic hydroxyl groups excluding tert-OH is 3. The molecule has 11 N–H and O–H groups in total. The average molecular weight is 692 g/mol. The van der Waals surface area contributed by atoms with Gasteiger partial charge in [0.15, 0.2) is 35.1 Å². The molecule has 250 valence electrons. The van der Waals surface area contributed by atoms with Crippen LogP contribution in [0.2, 0.25) is 0 Å². The SMILES string of the molecule is Nc1nc2c(ncn2[C@@H]2O[C@@H]3COP(=O)(O)O[C@H]3[C@H]2O)c(=O)[nH]1.Nc1ncnc2c1ncn2[C@@H]1O[C@H](COP(=O)(O)O)[C@@H](O)[C@H]1O. The number of aliphatic hydroxyl groups is 3. The summed E-state index contributed by atoms with van der Waals surface area (Å²) in [5.41, 5.74) is 11.4. The van der Waals surface area contributed by atoms with Gasteiger partial charge in [-0.3, -0.25) is 32.5 Å². The van der Waals surface area contributed by atoms with Crippen molar-refractivity contribution in [3.05, 3.63) is 29.3 Å². The maximum absolute atomic E-state index is 11.8. The van der Waals surface area contributed by atoms with Crippen molar-refractivity contribution >= 4 is 49.7 Å². The number of phosphoric acid groups is 2. The highest BCUT2D eigenvalue weighted by Gasteiger charge is 2.52. The van der Waals surface area contributed by atoms with Crippen LogP contribution in [0, 0.1) is 0 Å². The van der Waals surface area contributed by atoms with Gasteiger partial charge in [-0.2, -0.15) is 4.98 Å². The third kappa shape index (κ3) is 6.14. The van der Waals surface area contributed by atoms with E-state index in [4.69, 9.17) is 35.3 Å². The number of ether oxygens (including phenoxy) is 2. The number of H-pyrrole nitrogens is 1. The van der Waals surface area contributed by atoms with Crippen LogP contribution in [-0.2, 0) is 32.2 Å². The minimum atomic E-state index is -4.72. The van der Waals surface area contributed by atoms with Crippen LogP contribution in [0.4, 0.5) is 11.8 Å². The molecular formula is C20H26N10O14P2. The van der Waals surface area contributed by atoms with Crippen LogP contribution in [0.15, 0.2) is 23.8 Å². The fourth-order valence-corrected chi connectivity index (χ4v) is 6.32. The highest BCUT2D eigenvalue weighted by Crippen LogP contribution is 2.52. The van der Waals surface area contributed by atoms with Gasteiger partial charge < -0.3 is 50.9 Å². The number of nitrogens with one attached hydrogen (secondary N) is 1. The lowest BCUT2D eigenvalue weighted by Crippen LogP contribution is -2.39. The van der Waals surface area contributed by atoms with E-state index in [0.717, 1.165) is 0 Å². The molecule has 3 saturated heterocycles. The molecule has 46 heavy (non-hydrogen) atoms.